The average molecular weight is 296 g/mol. The number of carbonyl (C=O) groups is 1. The van der Waals surface area contributed by atoms with Gasteiger partial charge in [0.15, 0.2) is 0 Å². The van der Waals surface area contributed by atoms with Crippen LogP contribution < -0.4 is 5.32 Å². The van der Waals surface area contributed by atoms with Gasteiger partial charge in [0.25, 0.3) is 0 Å². The van der Waals surface area contributed by atoms with Crippen LogP contribution >= 0.6 is 15.9 Å². The molecule has 1 unspecified atom stereocenters. The van der Waals surface area contributed by atoms with Crippen LogP contribution in [0.2, 0.25) is 0 Å². The number of aryl methyl sites for hydroxylation is 1. The number of carbonyl (C=O) groups excluding carboxylic acids is 1. The lowest BCUT2D eigenvalue weighted by molar-refractivity contribution is -0.121. The van der Waals surface area contributed by atoms with E-state index >= 15 is 0 Å². The molecule has 17 heavy (non-hydrogen) atoms. The van der Waals surface area contributed by atoms with Crippen molar-refractivity contribution in [1.82, 2.24) is 5.32 Å². The van der Waals surface area contributed by atoms with E-state index in [1.54, 1.807) is 0 Å². The first kappa shape index (κ1) is 12.6. The van der Waals surface area contributed by atoms with E-state index in [2.05, 4.69) is 39.4 Å². The van der Waals surface area contributed by atoms with Crippen molar-refractivity contribution in [3.8, 4) is 0 Å². The molecule has 2 nitrogen and oxygen atoms in total. The fraction of sp³-hybridized carbons (Fsp3) is 0.500. The normalized spacial score (nSPS) is 17.8. The second-order valence-electron chi connectivity index (χ2n) is 4.50. The molecule has 0 spiro atoms. The van der Waals surface area contributed by atoms with Gasteiger partial charge in [-0.3, -0.25) is 4.79 Å². The Morgan fingerprint density at radius 2 is 2.18 bits per heavy atom. The van der Waals surface area contributed by atoms with Crippen molar-refractivity contribution in [3.05, 3.63) is 35.4 Å². The van der Waals surface area contributed by atoms with Crippen molar-refractivity contribution in [2.75, 3.05) is 5.33 Å². The monoisotopic (exact) mass is 295 g/mol. The van der Waals surface area contributed by atoms with Crippen LogP contribution in [0.1, 0.15) is 42.9 Å². The molecule has 0 fully saturated rings. The number of nitrogens with one attached hydrogen (secondary N) is 1. The fourth-order valence-corrected chi connectivity index (χ4v) is 2.75. The van der Waals surface area contributed by atoms with E-state index < -0.39 is 0 Å². The van der Waals surface area contributed by atoms with Crippen LogP contribution in [0, 0.1) is 0 Å². The molecule has 0 bridgehead atoms. The quantitative estimate of drug-likeness (QED) is 0.655. The molecule has 1 aromatic carbocycles. The third-order valence-electron chi connectivity index (χ3n) is 3.26. The Morgan fingerprint density at radius 3 is 3.00 bits per heavy atom. The number of benzene rings is 1. The molecule has 1 aromatic rings. The lowest BCUT2D eigenvalue weighted by atomic mass is 10.1. The minimum absolute atomic E-state index is 0.188. The van der Waals surface area contributed by atoms with Gasteiger partial charge >= 0.3 is 0 Å². The summed E-state index contributed by atoms with van der Waals surface area (Å²) in [6.07, 6.45) is 4.80. The summed E-state index contributed by atoms with van der Waals surface area (Å²) in [5, 5.41) is 4.12. The number of alkyl halides is 1. The zero-order valence-corrected chi connectivity index (χ0v) is 11.5. The number of rotatable bonds is 5. The van der Waals surface area contributed by atoms with E-state index in [1.807, 2.05) is 6.07 Å². The van der Waals surface area contributed by atoms with Crippen LogP contribution in [0.3, 0.4) is 0 Å². The molecule has 0 heterocycles. The Kier molecular flexibility index (Phi) is 4.60. The Balaban J connectivity index is 1.87. The van der Waals surface area contributed by atoms with Gasteiger partial charge in [-0.2, -0.15) is 0 Å². The first-order valence-electron chi connectivity index (χ1n) is 6.24. The molecule has 1 amide bonds. The van der Waals surface area contributed by atoms with Crippen molar-refractivity contribution in [2.45, 2.75) is 38.1 Å². The van der Waals surface area contributed by atoms with E-state index in [1.165, 1.54) is 11.1 Å². The summed E-state index contributed by atoms with van der Waals surface area (Å²) in [4.78, 5) is 11.8. The summed E-state index contributed by atoms with van der Waals surface area (Å²) in [7, 11) is 0. The van der Waals surface area contributed by atoms with Gasteiger partial charge in [0, 0.05) is 11.8 Å². The van der Waals surface area contributed by atoms with Crippen molar-refractivity contribution in [3.63, 3.8) is 0 Å². The second-order valence-corrected chi connectivity index (χ2v) is 5.30. The number of hydrogen-bond acceptors (Lipinski definition) is 1. The van der Waals surface area contributed by atoms with E-state index in [4.69, 9.17) is 0 Å². The molecule has 0 saturated heterocycles. The highest BCUT2D eigenvalue weighted by atomic mass is 79.9. The third-order valence-corrected chi connectivity index (χ3v) is 3.82. The zero-order chi connectivity index (χ0) is 12.1. The molecule has 1 atom stereocenters. The lowest BCUT2D eigenvalue weighted by Gasteiger charge is -2.13. The van der Waals surface area contributed by atoms with Crippen LogP contribution in [0.5, 0.6) is 0 Å². The third kappa shape index (κ3) is 3.32. The first-order valence-corrected chi connectivity index (χ1v) is 7.36. The molecule has 92 valence electrons. The minimum atomic E-state index is 0.188. The molecule has 0 radical (unpaired) electrons. The molecule has 1 aliphatic rings. The molecule has 3 heteroatoms. The number of halogens is 1. The smallest absolute Gasteiger partial charge is 0.220 e. The van der Waals surface area contributed by atoms with Gasteiger partial charge in [0.2, 0.25) is 5.91 Å². The minimum Gasteiger partial charge on any atom is -0.349 e. The van der Waals surface area contributed by atoms with Crippen LogP contribution in [-0.4, -0.2) is 11.2 Å². The van der Waals surface area contributed by atoms with Gasteiger partial charge < -0.3 is 5.32 Å². The Hall–Kier alpha value is -0.830. The Labute approximate surface area is 111 Å². The molecule has 1 N–H and O–H groups in total. The standard InChI is InChI=1S/C14H18BrNO/c15-10-4-3-7-14(17)16-13-9-8-11-5-1-2-6-12(11)13/h1-2,5-6,13H,3-4,7-10H2,(H,16,17). The van der Waals surface area contributed by atoms with Gasteiger partial charge in [0.1, 0.15) is 0 Å². The average Bonchev–Trinajstić information content (AvgIpc) is 2.73. The van der Waals surface area contributed by atoms with Gasteiger partial charge in [-0.1, -0.05) is 40.2 Å². The highest BCUT2D eigenvalue weighted by Crippen LogP contribution is 2.30. The number of fused-ring (bicyclic) bond motifs is 1. The van der Waals surface area contributed by atoms with Crippen molar-refractivity contribution >= 4 is 21.8 Å². The van der Waals surface area contributed by atoms with Gasteiger partial charge in [-0.15, -0.1) is 0 Å². The van der Waals surface area contributed by atoms with Crippen molar-refractivity contribution in [1.29, 1.82) is 0 Å². The summed E-state index contributed by atoms with van der Waals surface area (Å²) in [5.74, 6) is 0.188. The van der Waals surface area contributed by atoms with E-state index in [9.17, 15) is 4.79 Å². The van der Waals surface area contributed by atoms with E-state index in [-0.39, 0.29) is 11.9 Å². The van der Waals surface area contributed by atoms with Gasteiger partial charge in [0.05, 0.1) is 6.04 Å². The molecular weight excluding hydrogens is 278 g/mol. The number of unbranched alkanes of at least 4 members (excludes halogenated alkanes) is 1. The summed E-state index contributed by atoms with van der Waals surface area (Å²) in [6, 6.07) is 8.65. The van der Waals surface area contributed by atoms with Gasteiger partial charge in [-0.25, -0.2) is 0 Å². The molecule has 1 aliphatic carbocycles. The van der Waals surface area contributed by atoms with Crippen LogP contribution in [0.25, 0.3) is 0 Å². The van der Waals surface area contributed by atoms with Crippen molar-refractivity contribution in [2.24, 2.45) is 0 Å². The predicted molar refractivity (Wildman–Crippen MR) is 73.3 cm³/mol. The van der Waals surface area contributed by atoms with Gasteiger partial charge in [-0.05, 0) is 36.8 Å². The van der Waals surface area contributed by atoms with Crippen LogP contribution in [0.15, 0.2) is 24.3 Å². The fourth-order valence-electron chi connectivity index (χ4n) is 2.35. The Morgan fingerprint density at radius 1 is 1.35 bits per heavy atom. The summed E-state index contributed by atoms with van der Waals surface area (Å²) < 4.78 is 0. The summed E-state index contributed by atoms with van der Waals surface area (Å²) in [6.45, 7) is 0. The molecule has 0 aromatic heterocycles. The summed E-state index contributed by atoms with van der Waals surface area (Å²) in [5.41, 5.74) is 2.69. The summed E-state index contributed by atoms with van der Waals surface area (Å²) >= 11 is 3.38. The molecular formula is C14H18BrNO. The number of amides is 1. The largest absolute Gasteiger partial charge is 0.349 e. The van der Waals surface area contributed by atoms with Crippen molar-refractivity contribution < 1.29 is 4.79 Å². The maximum absolute atomic E-state index is 11.8. The molecule has 2 rings (SSSR count). The SMILES string of the molecule is O=C(CCCCBr)NC1CCc2ccccc21. The second kappa shape index (κ2) is 6.20. The van der Waals surface area contributed by atoms with E-state index in [0.717, 1.165) is 31.0 Å². The highest BCUT2D eigenvalue weighted by Gasteiger charge is 2.22. The lowest BCUT2D eigenvalue weighted by Crippen LogP contribution is -2.26. The molecule has 0 saturated carbocycles. The van der Waals surface area contributed by atoms with E-state index in [0.29, 0.717) is 6.42 Å². The molecule has 0 aliphatic heterocycles. The highest BCUT2D eigenvalue weighted by molar-refractivity contribution is 9.09. The topological polar surface area (TPSA) is 29.1 Å². The first-order chi connectivity index (χ1) is 8.31. The maximum Gasteiger partial charge on any atom is 0.220 e. The Bertz CT molecular complexity index is 392. The van der Waals surface area contributed by atoms with Crippen LogP contribution in [0.4, 0.5) is 0 Å². The number of hydrogen-bond donors (Lipinski definition) is 1. The maximum atomic E-state index is 11.8. The van der Waals surface area contributed by atoms with Crippen LogP contribution in [-0.2, 0) is 11.2 Å². The predicted octanol–water partition coefficient (Wildman–Crippen LogP) is 3.36. The zero-order valence-electron chi connectivity index (χ0n) is 9.92.